The number of nitrogens with one attached hydrogen (secondary N) is 1. The number of amides is 3. The van der Waals surface area contributed by atoms with Crippen molar-refractivity contribution in [1.29, 1.82) is 0 Å². The van der Waals surface area contributed by atoms with E-state index in [0.717, 1.165) is 4.90 Å². The van der Waals surface area contributed by atoms with Gasteiger partial charge < -0.3 is 24.1 Å². The first-order chi connectivity index (χ1) is 16.0. The van der Waals surface area contributed by atoms with E-state index in [4.69, 9.17) is 18.7 Å². The van der Waals surface area contributed by atoms with Crippen molar-refractivity contribution in [1.82, 2.24) is 20.4 Å². The Morgan fingerprint density at radius 3 is 2.58 bits per heavy atom. The molecule has 2 aromatic carbocycles. The van der Waals surface area contributed by atoms with Gasteiger partial charge in [0.15, 0.2) is 6.61 Å². The largest absolute Gasteiger partial charge is 0.497 e. The number of nitrogens with zero attached hydrogens (tertiary/aromatic N) is 3. The van der Waals surface area contributed by atoms with E-state index in [2.05, 4.69) is 15.5 Å². The number of carbonyl (C=O) groups excluding carboxylic acids is 3. The van der Waals surface area contributed by atoms with Gasteiger partial charge >= 0.3 is 12.0 Å². The molecule has 2 heterocycles. The zero-order chi connectivity index (χ0) is 23.4. The molecule has 0 saturated carbocycles. The summed E-state index contributed by atoms with van der Waals surface area (Å²) < 4.78 is 20.9. The number of benzene rings is 2. The third kappa shape index (κ3) is 4.76. The average Bonchev–Trinajstić information content (AvgIpc) is 3.44. The lowest BCUT2D eigenvalue weighted by Gasteiger charge is -2.12. The van der Waals surface area contributed by atoms with E-state index in [1.165, 1.54) is 7.11 Å². The summed E-state index contributed by atoms with van der Waals surface area (Å²) in [7, 11) is 3.07. The fourth-order valence-corrected chi connectivity index (χ4v) is 3.16. The number of carbonyl (C=O) groups is 3. The molecule has 1 aliphatic rings. The third-order valence-corrected chi connectivity index (χ3v) is 4.91. The maximum absolute atomic E-state index is 12.4. The van der Waals surface area contributed by atoms with E-state index in [-0.39, 0.29) is 37.3 Å². The lowest BCUT2D eigenvalue weighted by molar-refractivity contribution is -0.125. The molecule has 0 bridgehead atoms. The van der Waals surface area contributed by atoms with Crippen molar-refractivity contribution in [3.63, 3.8) is 0 Å². The minimum Gasteiger partial charge on any atom is -0.497 e. The van der Waals surface area contributed by atoms with Crippen LogP contribution in [0.5, 0.6) is 11.5 Å². The van der Waals surface area contributed by atoms with Crippen LogP contribution < -0.4 is 14.8 Å². The second kappa shape index (κ2) is 9.39. The Morgan fingerprint density at radius 1 is 1.12 bits per heavy atom. The summed E-state index contributed by atoms with van der Waals surface area (Å²) in [6, 6.07) is 11.1. The first-order valence-corrected chi connectivity index (χ1v) is 9.87. The van der Waals surface area contributed by atoms with Crippen LogP contribution in [0.2, 0.25) is 0 Å². The van der Waals surface area contributed by atoms with Crippen LogP contribution in [0.4, 0.5) is 4.79 Å². The maximum Gasteiger partial charge on any atom is 0.338 e. The molecular weight excluding hydrogens is 432 g/mol. The van der Waals surface area contributed by atoms with Crippen LogP contribution in [0, 0.1) is 0 Å². The third-order valence-electron chi connectivity index (χ3n) is 4.91. The van der Waals surface area contributed by atoms with Crippen LogP contribution in [0.1, 0.15) is 21.8 Å². The van der Waals surface area contributed by atoms with Gasteiger partial charge in [0.05, 0.1) is 38.4 Å². The van der Waals surface area contributed by atoms with Crippen LogP contribution in [0.15, 0.2) is 47.0 Å². The van der Waals surface area contributed by atoms with Crippen molar-refractivity contribution in [3.05, 3.63) is 59.5 Å². The molecule has 3 amide bonds. The fraction of sp³-hybridized carbons (Fsp3) is 0.227. The Bertz CT molecular complexity index is 1170. The number of methoxy groups -OCH3 is 2. The highest BCUT2D eigenvalue weighted by Gasteiger charge is 2.28. The van der Waals surface area contributed by atoms with Crippen LogP contribution >= 0.6 is 0 Å². The Balaban J connectivity index is 1.36. The second-order valence-electron chi connectivity index (χ2n) is 6.99. The number of ether oxygens (including phenoxy) is 3. The Hall–Kier alpha value is -4.41. The molecule has 1 fully saturated rings. The summed E-state index contributed by atoms with van der Waals surface area (Å²) in [6.07, 6.45) is 0. The van der Waals surface area contributed by atoms with Gasteiger partial charge in [0.1, 0.15) is 11.5 Å². The average molecular weight is 452 g/mol. The zero-order valence-corrected chi connectivity index (χ0v) is 17.9. The molecular formula is C22H20N4O7. The summed E-state index contributed by atoms with van der Waals surface area (Å²) in [4.78, 5) is 41.0. The highest BCUT2D eigenvalue weighted by atomic mass is 16.6. The highest BCUT2D eigenvalue weighted by molar-refractivity contribution is 6.01. The standard InChI is InChI=1S/C22H20N4O7/c1-30-15-7-8-16(17(9-15)31-2)20-24-18(33-25-20)12-32-21(28)14-5-3-13(4-6-14)11-26-19(27)10-23-22(26)29/h3-9H,10-12H2,1-2H3,(H,23,29). The van der Waals surface area contributed by atoms with Crippen molar-refractivity contribution in [2.45, 2.75) is 13.2 Å². The summed E-state index contributed by atoms with van der Waals surface area (Å²) in [6.45, 7) is -0.0973. The number of hydrogen-bond acceptors (Lipinski definition) is 9. The van der Waals surface area contributed by atoms with E-state index in [1.807, 2.05) is 0 Å². The minimum atomic E-state index is -0.585. The van der Waals surface area contributed by atoms with Gasteiger partial charge in [0.2, 0.25) is 11.7 Å². The van der Waals surface area contributed by atoms with Crippen LogP contribution in [-0.4, -0.2) is 53.7 Å². The monoisotopic (exact) mass is 452 g/mol. The van der Waals surface area contributed by atoms with Gasteiger partial charge in [-0.2, -0.15) is 4.98 Å². The van der Waals surface area contributed by atoms with Crippen molar-refractivity contribution < 1.29 is 33.1 Å². The molecule has 1 N–H and O–H groups in total. The molecule has 3 aromatic rings. The smallest absolute Gasteiger partial charge is 0.338 e. The molecule has 1 aliphatic heterocycles. The van der Waals surface area contributed by atoms with Gasteiger partial charge in [-0.05, 0) is 29.8 Å². The van der Waals surface area contributed by atoms with Gasteiger partial charge in [-0.1, -0.05) is 17.3 Å². The number of imide groups is 1. The molecule has 0 unspecified atom stereocenters. The van der Waals surface area contributed by atoms with E-state index in [9.17, 15) is 14.4 Å². The van der Waals surface area contributed by atoms with E-state index >= 15 is 0 Å². The number of esters is 1. The lowest BCUT2D eigenvalue weighted by atomic mass is 10.1. The molecule has 11 nitrogen and oxygen atoms in total. The molecule has 1 aromatic heterocycles. The molecule has 0 radical (unpaired) electrons. The van der Waals surface area contributed by atoms with Crippen LogP contribution in [0.3, 0.4) is 0 Å². The molecule has 33 heavy (non-hydrogen) atoms. The van der Waals surface area contributed by atoms with Gasteiger partial charge in [0, 0.05) is 6.07 Å². The van der Waals surface area contributed by atoms with Gasteiger partial charge in [-0.25, -0.2) is 9.59 Å². The van der Waals surface area contributed by atoms with Crippen molar-refractivity contribution >= 4 is 17.9 Å². The van der Waals surface area contributed by atoms with Crippen molar-refractivity contribution in [2.24, 2.45) is 0 Å². The van der Waals surface area contributed by atoms with Gasteiger partial charge in [0.25, 0.3) is 5.89 Å². The summed E-state index contributed by atoms with van der Waals surface area (Å²) in [5.41, 5.74) is 1.60. The quantitative estimate of drug-likeness (QED) is 0.403. The highest BCUT2D eigenvalue weighted by Crippen LogP contribution is 2.31. The Labute approximate surface area is 188 Å². The maximum atomic E-state index is 12.4. The molecule has 170 valence electrons. The molecule has 0 spiro atoms. The molecule has 11 heteroatoms. The van der Waals surface area contributed by atoms with Gasteiger partial charge in [-0.3, -0.25) is 9.69 Å². The summed E-state index contributed by atoms with van der Waals surface area (Å²) in [5.74, 6) is 0.645. The molecule has 4 rings (SSSR count). The van der Waals surface area contributed by atoms with Gasteiger partial charge in [-0.15, -0.1) is 0 Å². The fourth-order valence-electron chi connectivity index (χ4n) is 3.16. The number of rotatable bonds is 8. The van der Waals surface area contributed by atoms with E-state index in [0.29, 0.717) is 28.2 Å². The Kier molecular flexibility index (Phi) is 6.20. The van der Waals surface area contributed by atoms with E-state index in [1.54, 1.807) is 49.6 Å². The predicted molar refractivity (Wildman–Crippen MR) is 112 cm³/mol. The predicted octanol–water partition coefficient (Wildman–Crippen LogP) is 2.16. The normalized spacial score (nSPS) is 13.1. The molecule has 0 aliphatic carbocycles. The van der Waals surface area contributed by atoms with E-state index < -0.39 is 12.0 Å². The number of aromatic nitrogens is 2. The lowest BCUT2D eigenvalue weighted by Crippen LogP contribution is -2.30. The van der Waals surface area contributed by atoms with Crippen LogP contribution in [-0.2, 0) is 22.7 Å². The first-order valence-electron chi connectivity index (χ1n) is 9.87. The SMILES string of the molecule is COc1ccc(-c2noc(COC(=O)c3ccc(CN4C(=O)CNC4=O)cc3)n2)c(OC)c1. The summed E-state index contributed by atoms with van der Waals surface area (Å²) in [5, 5.41) is 6.37. The molecule has 1 saturated heterocycles. The first kappa shape index (κ1) is 21.8. The summed E-state index contributed by atoms with van der Waals surface area (Å²) >= 11 is 0. The minimum absolute atomic E-state index is 0.00806. The van der Waals surface area contributed by atoms with Crippen LogP contribution in [0.25, 0.3) is 11.4 Å². The molecule has 0 atom stereocenters. The second-order valence-corrected chi connectivity index (χ2v) is 6.99. The number of urea groups is 1. The number of hydrogen-bond donors (Lipinski definition) is 1. The zero-order valence-electron chi connectivity index (χ0n) is 17.9. The van der Waals surface area contributed by atoms with Crippen molar-refractivity contribution in [2.75, 3.05) is 20.8 Å². The Morgan fingerprint density at radius 2 is 1.91 bits per heavy atom. The topological polar surface area (TPSA) is 133 Å². The van der Waals surface area contributed by atoms with Crippen molar-refractivity contribution in [3.8, 4) is 22.9 Å².